The highest BCUT2D eigenvalue weighted by Crippen LogP contribution is 2.41. The molecule has 0 amide bonds. The summed E-state index contributed by atoms with van der Waals surface area (Å²) in [6.07, 6.45) is 23.0. The van der Waals surface area contributed by atoms with E-state index < -0.39 is 5.97 Å². The van der Waals surface area contributed by atoms with E-state index in [4.69, 9.17) is 0 Å². The molecule has 0 aliphatic carbocycles. The molecule has 0 aliphatic rings. The predicted octanol–water partition coefficient (Wildman–Crippen LogP) is 16.8. The van der Waals surface area contributed by atoms with Crippen molar-refractivity contribution in [1.82, 2.24) is 0 Å². The van der Waals surface area contributed by atoms with E-state index in [1.165, 1.54) is 89.9 Å². The number of carboxylic acids is 1. The molecule has 63 heavy (non-hydrogen) atoms. The largest absolute Gasteiger partial charge is 0.507 e. The van der Waals surface area contributed by atoms with Gasteiger partial charge in [-0.15, -0.1) is 0 Å². The number of carbonyl (C=O) groups is 1. The molecule has 4 N–H and O–H groups in total. The second kappa shape index (κ2) is 25.3. The van der Waals surface area contributed by atoms with Crippen LogP contribution in [0.3, 0.4) is 0 Å². The highest BCUT2D eigenvalue weighted by atomic mass is 16.4. The van der Waals surface area contributed by atoms with Crippen LogP contribution >= 0.6 is 0 Å². The molecule has 0 saturated heterocycles. The highest BCUT2D eigenvalue weighted by molar-refractivity contribution is 5.70. The molecular formula is C58H94O5. The van der Waals surface area contributed by atoms with Crippen molar-refractivity contribution < 1.29 is 25.2 Å². The number of hydrogen-bond donors (Lipinski definition) is 4. The third-order valence-electron chi connectivity index (χ3n) is 12.7. The number of aryl methyl sites for hydroxylation is 2. The minimum atomic E-state index is -0.700. The lowest BCUT2D eigenvalue weighted by molar-refractivity contribution is -0.142. The first-order chi connectivity index (χ1) is 29.2. The van der Waals surface area contributed by atoms with Crippen molar-refractivity contribution in [2.45, 2.75) is 248 Å². The van der Waals surface area contributed by atoms with E-state index in [1.807, 2.05) is 24.3 Å². The number of phenolic OH excluding ortho intramolecular Hbond substituents is 3. The van der Waals surface area contributed by atoms with Gasteiger partial charge in [0.1, 0.15) is 17.2 Å². The smallest absolute Gasteiger partial charge is 0.306 e. The predicted molar refractivity (Wildman–Crippen MR) is 270 cm³/mol. The van der Waals surface area contributed by atoms with Gasteiger partial charge in [0.2, 0.25) is 0 Å². The van der Waals surface area contributed by atoms with Gasteiger partial charge in [-0.25, -0.2) is 0 Å². The standard InChI is InChI=1S/C35H62O3.C23H32O2/c1-8-9-10-11-12-13-14-15-16-17-18-19-20-21-22-23-24-29(33(37)38)25-28-26-30(34(2,3)4)32(36)31(27-28)35(5,6)7;1-14-9-16(20(24)18(11-14)22(3,4)5)13-17-10-15(2)12-19(21(17)25)23(6,7)8/h26-27,29,36H,8-25H2,1-7H3,(H,37,38);9-12,24-25H,13H2,1-8H3. The molecule has 5 heteroatoms. The van der Waals surface area contributed by atoms with Gasteiger partial charge < -0.3 is 20.4 Å². The van der Waals surface area contributed by atoms with E-state index in [-0.39, 0.29) is 27.6 Å². The average molecular weight is 871 g/mol. The van der Waals surface area contributed by atoms with Crippen LogP contribution in [0, 0.1) is 19.8 Å². The summed E-state index contributed by atoms with van der Waals surface area (Å²) in [6.45, 7) is 31.6. The number of aliphatic carboxylic acids is 1. The molecule has 3 aromatic carbocycles. The molecule has 0 spiro atoms. The van der Waals surface area contributed by atoms with Crippen LogP contribution in [-0.2, 0) is 39.3 Å². The topological polar surface area (TPSA) is 98.0 Å². The second-order valence-corrected chi connectivity index (χ2v) is 23.2. The minimum Gasteiger partial charge on any atom is -0.507 e. The first kappa shape index (κ1) is 55.7. The molecule has 3 aromatic rings. The number of phenols is 3. The Bertz CT molecular complexity index is 1740. The fourth-order valence-corrected chi connectivity index (χ4v) is 8.82. The van der Waals surface area contributed by atoms with Crippen molar-refractivity contribution in [2.75, 3.05) is 0 Å². The van der Waals surface area contributed by atoms with Gasteiger partial charge in [0.25, 0.3) is 0 Å². The van der Waals surface area contributed by atoms with Gasteiger partial charge in [0.05, 0.1) is 5.92 Å². The summed E-state index contributed by atoms with van der Waals surface area (Å²) in [5.41, 5.74) is 8.07. The number of hydrogen-bond acceptors (Lipinski definition) is 4. The van der Waals surface area contributed by atoms with Crippen molar-refractivity contribution in [2.24, 2.45) is 5.92 Å². The molecule has 0 aromatic heterocycles. The molecule has 0 fully saturated rings. The quantitative estimate of drug-likeness (QED) is 0.0754. The van der Waals surface area contributed by atoms with Gasteiger partial charge in [0.15, 0.2) is 0 Å². The van der Waals surface area contributed by atoms with Crippen LogP contribution in [0.25, 0.3) is 0 Å². The van der Waals surface area contributed by atoms with Crippen molar-refractivity contribution in [3.8, 4) is 17.2 Å². The van der Waals surface area contributed by atoms with Gasteiger partial charge >= 0.3 is 5.97 Å². The zero-order valence-electron chi connectivity index (χ0n) is 43.2. The van der Waals surface area contributed by atoms with E-state index in [0.717, 1.165) is 69.3 Å². The van der Waals surface area contributed by atoms with Gasteiger partial charge in [0, 0.05) is 6.42 Å². The van der Waals surface area contributed by atoms with E-state index in [0.29, 0.717) is 30.1 Å². The molecule has 0 aliphatic heterocycles. The second-order valence-electron chi connectivity index (χ2n) is 23.2. The normalized spacial score (nSPS) is 12.9. The molecule has 0 bridgehead atoms. The molecule has 0 radical (unpaired) electrons. The number of aromatic hydroxyl groups is 3. The molecule has 3 rings (SSSR count). The first-order valence-electron chi connectivity index (χ1n) is 24.9. The molecule has 0 heterocycles. The fraction of sp³-hybridized carbons (Fsp3) is 0.672. The van der Waals surface area contributed by atoms with Gasteiger partial charge in [-0.3, -0.25) is 4.79 Å². The van der Waals surface area contributed by atoms with Crippen LogP contribution in [0.4, 0.5) is 0 Å². The summed E-state index contributed by atoms with van der Waals surface area (Å²) in [5, 5.41) is 42.5. The fourth-order valence-electron chi connectivity index (χ4n) is 8.82. The van der Waals surface area contributed by atoms with Crippen LogP contribution in [-0.4, -0.2) is 26.4 Å². The van der Waals surface area contributed by atoms with Gasteiger partial charge in [-0.05, 0) is 87.3 Å². The summed E-state index contributed by atoms with van der Waals surface area (Å²) in [7, 11) is 0. The van der Waals surface area contributed by atoms with E-state index in [2.05, 4.69) is 116 Å². The van der Waals surface area contributed by atoms with E-state index >= 15 is 0 Å². The zero-order valence-corrected chi connectivity index (χ0v) is 43.2. The van der Waals surface area contributed by atoms with Crippen LogP contribution < -0.4 is 0 Å². The summed E-state index contributed by atoms with van der Waals surface area (Å²) < 4.78 is 0. The van der Waals surface area contributed by atoms with E-state index in [1.54, 1.807) is 0 Å². The lowest BCUT2D eigenvalue weighted by Gasteiger charge is -2.28. The SMILES string of the molecule is CCCCCCCCCCCCCCCCCCC(Cc1cc(C(C)(C)C)c(O)c(C(C)(C)C)c1)C(=O)O.Cc1cc(Cc2cc(C)cc(C(C)(C)C)c2O)c(O)c(C(C)(C)C)c1. The van der Waals surface area contributed by atoms with Crippen LogP contribution in [0.1, 0.15) is 249 Å². The molecule has 0 saturated carbocycles. The van der Waals surface area contributed by atoms with E-state index in [9.17, 15) is 25.2 Å². The molecule has 356 valence electrons. The number of benzene rings is 3. The van der Waals surface area contributed by atoms with Crippen LogP contribution in [0.2, 0.25) is 0 Å². The van der Waals surface area contributed by atoms with Gasteiger partial charge in [-0.2, -0.15) is 0 Å². The third kappa shape index (κ3) is 19.3. The Morgan fingerprint density at radius 3 is 1.06 bits per heavy atom. The minimum absolute atomic E-state index is 0.129. The van der Waals surface area contributed by atoms with Crippen molar-refractivity contribution in [1.29, 1.82) is 0 Å². The number of carboxylic acid groups (broad SMARTS) is 1. The monoisotopic (exact) mass is 871 g/mol. The third-order valence-corrected chi connectivity index (χ3v) is 12.7. The van der Waals surface area contributed by atoms with Crippen LogP contribution in [0.5, 0.6) is 17.2 Å². The van der Waals surface area contributed by atoms with Gasteiger partial charge in [-0.1, -0.05) is 240 Å². The Labute approximate surface area is 386 Å². The molecule has 1 unspecified atom stereocenters. The first-order valence-corrected chi connectivity index (χ1v) is 24.9. The lowest BCUT2D eigenvalue weighted by atomic mass is 9.77. The Morgan fingerprint density at radius 2 is 0.762 bits per heavy atom. The Morgan fingerprint density at radius 1 is 0.460 bits per heavy atom. The zero-order chi connectivity index (χ0) is 47.8. The Kier molecular flexibility index (Phi) is 22.3. The maximum Gasteiger partial charge on any atom is 0.306 e. The Hall–Kier alpha value is -3.47. The maximum absolute atomic E-state index is 12.1. The van der Waals surface area contributed by atoms with Crippen LogP contribution in [0.15, 0.2) is 36.4 Å². The lowest BCUT2D eigenvalue weighted by Crippen LogP contribution is -2.20. The highest BCUT2D eigenvalue weighted by Gasteiger charge is 2.28. The van der Waals surface area contributed by atoms with Crippen molar-refractivity contribution >= 4 is 5.97 Å². The molecule has 5 nitrogen and oxygen atoms in total. The number of unbranched alkanes of at least 4 members (excludes halogenated alkanes) is 15. The average Bonchev–Trinajstić information content (AvgIpc) is 3.15. The summed E-state index contributed by atoms with van der Waals surface area (Å²) in [5.74, 6) is -0.0217. The Balaban J connectivity index is 0.000000470. The summed E-state index contributed by atoms with van der Waals surface area (Å²) in [4.78, 5) is 12.1. The van der Waals surface area contributed by atoms with Crippen molar-refractivity contribution in [3.05, 3.63) is 86.5 Å². The molecular weight excluding hydrogens is 777 g/mol. The summed E-state index contributed by atoms with van der Waals surface area (Å²) >= 11 is 0. The molecule has 1 atom stereocenters. The van der Waals surface area contributed by atoms with Crippen molar-refractivity contribution in [3.63, 3.8) is 0 Å². The maximum atomic E-state index is 12.1. The number of rotatable bonds is 22. The summed E-state index contributed by atoms with van der Waals surface area (Å²) in [6, 6.07) is 12.2.